The Balaban J connectivity index is 2.10. The van der Waals surface area contributed by atoms with E-state index in [2.05, 4.69) is 24.0 Å². The first-order valence-electron chi connectivity index (χ1n) is 8.95. The molecule has 1 fully saturated rings. The lowest BCUT2D eigenvalue weighted by Gasteiger charge is -2.19. The van der Waals surface area contributed by atoms with Gasteiger partial charge >= 0.3 is 0 Å². The summed E-state index contributed by atoms with van der Waals surface area (Å²) in [5, 5.41) is 3.73. The zero-order valence-corrected chi connectivity index (χ0v) is 14.7. The molecule has 0 aliphatic heterocycles. The van der Waals surface area contributed by atoms with Gasteiger partial charge in [-0.05, 0) is 37.8 Å². The summed E-state index contributed by atoms with van der Waals surface area (Å²) in [5.74, 6) is 1.68. The molecule has 1 N–H and O–H groups in total. The molecule has 0 unspecified atom stereocenters. The average molecular weight is 317 g/mol. The number of benzene rings is 1. The Morgan fingerprint density at radius 3 is 2.57 bits per heavy atom. The van der Waals surface area contributed by atoms with Crippen molar-refractivity contribution in [2.45, 2.75) is 64.5 Å². The Labute approximate surface area is 141 Å². The SMILES string of the molecule is C=CCc1cc(CNC2CCCCCC2)cc(OC)c1OCC. The van der Waals surface area contributed by atoms with Gasteiger partial charge in [-0.25, -0.2) is 0 Å². The van der Waals surface area contributed by atoms with Crippen molar-refractivity contribution in [3.05, 3.63) is 35.9 Å². The number of nitrogens with one attached hydrogen (secondary N) is 1. The smallest absolute Gasteiger partial charge is 0.164 e. The second-order valence-corrected chi connectivity index (χ2v) is 6.28. The summed E-state index contributed by atoms with van der Waals surface area (Å²) >= 11 is 0. The molecule has 2 rings (SSSR count). The van der Waals surface area contributed by atoms with Crippen LogP contribution in [0.2, 0.25) is 0 Å². The van der Waals surface area contributed by atoms with Crippen LogP contribution in [-0.4, -0.2) is 19.8 Å². The van der Waals surface area contributed by atoms with Gasteiger partial charge in [0.2, 0.25) is 0 Å². The molecule has 1 aliphatic rings. The maximum atomic E-state index is 5.78. The summed E-state index contributed by atoms with van der Waals surface area (Å²) in [7, 11) is 1.71. The molecule has 0 bridgehead atoms. The molecule has 1 aliphatic carbocycles. The second kappa shape index (κ2) is 9.61. The normalized spacial score (nSPS) is 15.9. The van der Waals surface area contributed by atoms with Crippen LogP contribution in [0.15, 0.2) is 24.8 Å². The van der Waals surface area contributed by atoms with Crippen molar-refractivity contribution in [2.24, 2.45) is 0 Å². The highest BCUT2D eigenvalue weighted by Crippen LogP contribution is 2.33. The topological polar surface area (TPSA) is 30.5 Å². The fourth-order valence-electron chi connectivity index (χ4n) is 3.34. The van der Waals surface area contributed by atoms with E-state index in [1.54, 1.807) is 7.11 Å². The molecule has 128 valence electrons. The minimum Gasteiger partial charge on any atom is -0.493 e. The van der Waals surface area contributed by atoms with Crippen LogP contribution >= 0.6 is 0 Å². The maximum Gasteiger partial charge on any atom is 0.164 e. The molecule has 3 heteroatoms. The number of allylic oxidation sites excluding steroid dienone is 1. The van der Waals surface area contributed by atoms with Gasteiger partial charge in [0.25, 0.3) is 0 Å². The van der Waals surface area contributed by atoms with E-state index in [0.717, 1.165) is 30.0 Å². The average Bonchev–Trinajstić information content (AvgIpc) is 2.84. The lowest BCUT2D eigenvalue weighted by atomic mass is 10.0. The first-order valence-corrected chi connectivity index (χ1v) is 8.95. The summed E-state index contributed by atoms with van der Waals surface area (Å²) < 4.78 is 11.3. The molecule has 0 amide bonds. The zero-order chi connectivity index (χ0) is 16.5. The van der Waals surface area contributed by atoms with Gasteiger partial charge in [0.15, 0.2) is 11.5 Å². The maximum absolute atomic E-state index is 5.78. The third-order valence-electron chi connectivity index (χ3n) is 4.51. The first-order chi connectivity index (χ1) is 11.3. The van der Waals surface area contributed by atoms with E-state index >= 15 is 0 Å². The minimum atomic E-state index is 0.639. The fraction of sp³-hybridized carbons (Fsp3) is 0.600. The Morgan fingerprint density at radius 2 is 1.96 bits per heavy atom. The highest BCUT2D eigenvalue weighted by molar-refractivity contribution is 5.50. The monoisotopic (exact) mass is 317 g/mol. The fourth-order valence-corrected chi connectivity index (χ4v) is 3.34. The predicted molar refractivity (Wildman–Crippen MR) is 96.4 cm³/mol. The molecule has 0 aromatic heterocycles. The van der Waals surface area contributed by atoms with Gasteiger partial charge in [-0.2, -0.15) is 0 Å². The predicted octanol–water partition coefficient (Wildman–Crippen LogP) is 4.63. The van der Waals surface area contributed by atoms with Gasteiger partial charge in [0.05, 0.1) is 13.7 Å². The van der Waals surface area contributed by atoms with E-state index in [1.807, 2.05) is 13.0 Å². The molecule has 0 spiro atoms. The Kier molecular flexibility index (Phi) is 7.47. The summed E-state index contributed by atoms with van der Waals surface area (Å²) in [6, 6.07) is 4.97. The van der Waals surface area contributed by atoms with Gasteiger partial charge in [-0.3, -0.25) is 0 Å². The molecule has 1 saturated carbocycles. The number of hydrogen-bond acceptors (Lipinski definition) is 3. The van der Waals surface area contributed by atoms with Crippen LogP contribution in [0.5, 0.6) is 11.5 Å². The van der Waals surface area contributed by atoms with Crippen LogP contribution < -0.4 is 14.8 Å². The van der Waals surface area contributed by atoms with Gasteiger partial charge < -0.3 is 14.8 Å². The molecule has 0 saturated heterocycles. The van der Waals surface area contributed by atoms with Gasteiger partial charge in [-0.15, -0.1) is 6.58 Å². The largest absolute Gasteiger partial charge is 0.493 e. The van der Waals surface area contributed by atoms with Crippen LogP contribution in [0.3, 0.4) is 0 Å². The third-order valence-corrected chi connectivity index (χ3v) is 4.51. The van der Waals surface area contributed by atoms with E-state index in [-0.39, 0.29) is 0 Å². The van der Waals surface area contributed by atoms with Crippen molar-refractivity contribution >= 4 is 0 Å². The van der Waals surface area contributed by atoms with Crippen molar-refractivity contribution in [1.82, 2.24) is 5.32 Å². The summed E-state index contributed by atoms with van der Waals surface area (Å²) in [4.78, 5) is 0. The van der Waals surface area contributed by atoms with Crippen LogP contribution in [0, 0.1) is 0 Å². The van der Waals surface area contributed by atoms with Gasteiger partial charge in [0, 0.05) is 18.2 Å². The standard InChI is InChI=1S/C20H31NO2/c1-4-10-17-13-16(14-19(22-3)20(17)23-5-2)15-21-18-11-8-6-7-9-12-18/h4,13-14,18,21H,1,5-12,15H2,2-3H3. The number of ether oxygens (including phenoxy) is 2. The first kappa shape index (κ1) is 17.9. The molecule has 1 aromatic rings. The molecule has 3 nitrogen and oxygen atoms in total. The van der Waals surface area contributed by atoms with Gasteiger partial charge in [0.1, 0.15) is 0 Å². The van der Waals surface area contributed by atoms with Crippen LogP contribution in [-0.2, 0) is 13.0 Å². The Morgan fingerprint density at radius 1 is 1.22 bits per heavy atom. The molecule has 1 aromatic carbocycles. The number of hydrogen-bond donors (Lipinski definition) is 1. The third kappa shape index (κ3) is 5.28. The van der Waals surface area contributed by atoms with Crippen molar-refractivity contribution < 1.29 is 9.47 Å². The van der Waals surface area contributed by atoms with E-state index in [1.165, 1.54) is 44.1 Å². The zero-order valence-electron chi connectivity index (χ0n) is 14.7. The summed E-state index contributed by atoms with van der Waals surface area (Å²) in [6.45, 7) is 7.38. The van der Waals surface area contributed by atoms with Crippen molar-refractivity contribution in [1.29, 1.82) is 0 Å². The van der Waals surface area contributed by atoms with Gasteiger partial charge in [-0.1, -0.05) is 37.8 Å². The molecule has 0 heterocycles. The van der Waals surface area contributed by atoms with E-state index in [4.69, 9.17) is 9.47 Å². The molecule has 0 atom stereocenters. The minimum absolute atomic E-state index is 0.639. The Hall–Kier alpha value is -1.48. The van der Waals surface area contributed by atoms with E-state index in [0.29, 0.717) is 12.6 Å². The van der Waals surface area contributed by atoms with Crippen molar-refractivity contribution in [3.8, 4) is 11.5 Å². The van der Waals surface area contributed by atoms with Crippen LogP contribution in [0.25, 0.3) is 0 Å². The quantitative estimate of drug-likeness (QED) is 0.560. The van der Waals surface area contributed by atoms with Crippen LogP contribution in [0.4, 0.5) is 0 Å². The molecule has 0 radical (unpaired) electrons. The van der Waals surface area contributed by atoms with E-state index in [9.17, 15) is 0 Å². The highest BCUT2D eigenvalue weighted by Gasteiger charge is 2.15. The number of rotatable bonds is 8. The Bertz CT molecular complexity index is 491. The second-order valence-electron chi connectivity index (χ2n) is 6.28. The molecule has 23 heavy (non-hydrogen) atoms. The molecular formula is C20H31NO2. The highest BCUT2D eigenvalue weighted by atomic mass is 16.5. The molecular weight excluding hydrogens is 286 g/mol. The van der Waals surface area contributed by atoms with Crippen molar-refractivity contribution in [2.75, 3.05) is 13.7 Å². The van der Waals surface area contributed by atoms with Crippen LogP contribution in [0.1, 0.15) is 56.6 Å². The summed E-state index contributed by atoms with van der Waals surface area (Å²) in [6.07, 6.45) is 10.8. The lowest BCUT2D eigenvalue weighted by molar-refractivity contribution is 0.307. The summed E-state index contributed by atoms with van der Waals surface area (Å²) in [5.41, 5.74) is 2.41. The lowest BCUT2D eigenvalue weighted by Crippen LogP contribution is -2.27. The van der Waals surface area contributed by atoms with Crippen molar-refractivity contribution in [3.63, 3.8) is 0 Å². The number of methoxy groups -OCH3 is 1. The van der Waals surface area contributed by atoms with E-state index < -0.39 is 0 Å².